The zero-order valence-electron chi connectivity index (χ0n) is 10.1. The molecule has 0 aliphatic heterocycles. The number of aliphatic hydroxyl groups excluding tert-OH is 1. The third-order valence-corrected chi connectivity index (χ3v) is 5.12. The van der Waals surface area contributed by atoms with Crippen LogP contribution in [0.1, 0.15) is 24.8 Å². The molecule has 0 atom stereocenters. The fraction of sp³-hybridized carbons (Fsp3) is 0.500. The lowest BCUT2D eigenvalue weighted by Gasteiger charge is -2.40. The standard InChI is InChI=1S/C12H16FNO3S/c1-9-3-4-10(13)7-11(9)18(16,17)14-12(8-15)5-2-6-12/h3-4,7,14-15H,2,5-6,8H2,1H3. The second kappa shape index (κ2) is 4.60. The van der Waals surface area contributed by atoms with E-state index in [1.54, 1.807) is 6.92 Å². The highest BCUT2D eigenvalue weighted by atomic mass is 32.2. The van der Waals surface area contributed by atoms with Crippen molar-refractivity contribution in [2.24, 2.45) is 0 Å². The van der Waals surface area contributed by atoms with Crippen molar-refractivity contribution in [3.05, 3.63) is 29.6 Å². The molecule has 1 aromatic carbocycles. The molecule has 0 unspecified atom stereocenters. The summed E-state index contributed by atoms with van der Waals surface area (Å²) in [5, 5.41) is 9.27. The van der Waals surface area contributed by atoms with Gasteiger partial charge in [-0.25, -0.2) is 17.5 Å². The second-order valence-electron chi connectivity index (χ2n) is 4.81. The van der Waals surface area contributed by atoms with E-state index < -0.39 is 21.4 Å². The van der Waals surface area contributed by atoms with Crippen LogP contribution in [0.25, 0.3) is 0 Å². The Hall–Kier alpha value is -0.980. The van der Waals surface area contributed by atoms with Crippen molar-refractivity contribution in [2.75, 3.05) is 6.61 Å². The van der Waals surface area contributed by atoms with Crippen molar-refractivity contribution in [3.63, 3.8) is 0 Å². The van der Waals surface area contributed by atoms with Crippen LogP contribution in [-0.4, -0.2) is 25.7 Å². The Balaban J connectivity index is 2.33. The molecule has 0 bridgehead atoms. The molecule has 1 fully saturated rings. The van der Waals surface area contributed by atoms with E-state index >= 15 is 0 Å². The molecule has 1 aliphatic rings. The molecular weight excluding hydrogens is 257 g/mol. The van der Waals surface area contributed by atoms with Crippen LogP contribution in [-0.2, 0) is 10.0 Å². The first kappa shape index (κ1) is 13.5. The minimum atomic E-state index is -3.79. The minimum Gasteiger partial charge on any atom is -0.394 e. The lowest BCUT2D eigenvalue weighted by Crippen LogP contribution is -2.56. The Labute approximate surface area is 106 Å². The van der Waals surface area contributed by atoms with E-state index in [-0.39, 0.29) is 11.5 Å². The highest BCUT2D eigenvalue weighted by Crippen LogP contribution is 2.33. The molecule has 0 amide bonds. The molecule has 100 valence electrons. The van der Waals surface area contributed by atoms with Gasteiger partial charge < -0.3 is 5.11 Å². The average Bonchev–Trinajstić information content (AvgIpc) is 2.27. The quantitative estimate of drug-likeness (QED) is 0.869. The van der Waals surface area contributed by atoms with Crippen molar-refractivity contribution in [3.8, 4) is 0 Å². The van der Waals surface area contributed by atoms with Gasteiger partial charge in [0.2, 0.25) is 10.0 Å². The fourth-order valence-electron chi connectivity index (χ4n) is 2.10. The van der Waals surface area contributed by atoms with Crippen molar-refractivity contribution in [1.82, 2.24) is 4.72 Å². The van der Waals surface area contributed by atoms with Gasteiger partial charge in [0.05, 0.1) is 17.0 Å². The summed E-state index contributed by atoms with van der Waals surface area (Å²) in [5.74, 6) is -0.590. The first-order valence-corrected chi connectivity index (χ1v) is 7.28. The van der Waals surface area contributed by atoms with Crippen molar-refractivity contribution in [2.45, 2.75) is 36.6 Å². The fourth-order valence-corrected chi connectivity index (χ4v) is 3.81. The van der Waals surface area contributed by atoms with Gasteiger partial charge in [-0.1, -0.05) is 6.07 Å². The Morgan fingerprint density at radius 3 is 2.61 bits per heavy atom. The van der Waals surface area contributed by atoms with Crippen molar-refractivity contribution < 1.29 is 17.9 Å². The summed E-state index contributed by atoms with van der Waals surface area (Å²) < 4.78 is 40.0. The van der Waals surface area contributed by atoms with E-state index in [0.29, 0.717) is 18.4 Å². The van der Waals surface area contributed by atoms with Crippen LogP contribution in [0.15, 0.2) is 23.1 Å². The third kappa shape index (κ3) is 2.41. The number of nitrogens with one attached hydrogen (secondary N) is 1. The van der Waals surface area contributed by atoms with Gasteiger partial charge in [-0.05, 0) is 43.9 Å². The van der Waals surface area contributed by atoms with E-state index in [2.05, 4.69) is 4.72 Å². The number of sulfonamides is 1. The molecule has 2 rings (SSSR count). The topological polar surface area (TPSA) is 66.4 Å². The first-order valence-electron chi connectivity index (χ1n) is 5.80. The molecule has 2 N–H and O–H groups in total. The van der Waals surface area contributed by atoms with Crippen LogP contribution in [0.3, 0.4) is 0 Å². The maximum atomic E-state index is 13.1. The number of hydrogen-bond acceptors (Lipinski definition) is 3. The molecule has 0 saturated heterocycles. The molecule has 1 saturated carbocycles. The van der Waals surface area contributed by atoms with Gasteiger partial charge in [-0.2, -0.15) is 0 Å². The van der Waals surface area contributed by atoms with Crippen LogP contribution in [0.5, 0.6) is 0 Å². The van der Waals surface area contributed by atoms with E-state index in [4.69, 9.17) is 0 Å². The maximum absolute atomic E-state index is 13.1. The lowest BCUT2D eigenvalue weighted by molar-refractivity contribution is 0.110. The molecule has 6 heteroatoms. The summed E-state index contributed by atoms with van der Waals surface area (Å²) in [4.78, 5) is -0.0674. The van der Waals surface area contributed by atoms with Gasteiger partial charge in [0, 0.05) is 0 Å². The summed E-state index contributed by atoms with van der Waals surface area (Å²) in [5.41, 5.74) is -0.284. The number of aliphatic hydroxyl groups is 1. The Bertz CT molecular complexity index is 547. The summed E-state index contributed by atoms with van der Waals surface area (Å²) in [6, 6.07) is 3.65. The number of hydrogen-bond donors (Lipinski definition) is 2. The van der Waals surface area contributed by atoms with Crippen LogP contribution < -0.4 is 4.72 Å². The molecule has 18 heavy (non-hydrogen) atoms. The first-order chi connectivity index (χ1) is 8.38. The van der Waals surface area contributed by atoms with Crippen molar-refractivity contribution >= 4 is 10.0 Å². The van der Waals surface area contributed by atoms with Gasteiger partial charge >= 0.3 is 0 Å². The third-order valence-electron chi connectivity index (χ3n) is 3.40. The van der Waals surface area contributed by atoms with E-state index in [1.807, 2.05) is 0 Å². The summed E-state index contributed by atoms with van der Waals surface area (Å²) in [6.45, 7) is 1.38. The number of benzene rings is 1. The van der Waals surface area contributed by atoms with Gasteiger partial charge in [-0.15, -0.1) is 0 Å². The van der Waals surface area contributed by atoms with Gasteiger partial charge in [0.25, 0.3) is 0 Å². The maximum Gasteiger partial charge on any atom is 0.241 e. The highest BCUT2D eigenvalue weighted by molar-refractivity contribution is 7.89. The number of rotatable bonds is 4. The minimum absolute atomic E-state index is 0.0674. The number of halogens is 1. The molecule has 1 aromatic rings. The Morgan fingerprint density at radius 2 is 2.11 bits per heavy atom. The van der Waals surface area contributed by atoms with Crippen LogP contribution in [0.2, 0.25) is 0 Å². The zero-order chi connectivity index (χ0) is 13.4. The molecule has 1 aliphatic carbocycles. The summed E-state index contributed by atoms with van der Waals surface area (Å²) in [6.07, 6.45) is 2.10. The second-order valence-corrected chi connectivity index (χ2v) is 6.46. The van der Waals surface area contributed by atoms with Gasteiger partial charge in [0.15, 0.2) is 0 Å². The Morgan fingerprint density at radius 1 is 1.44 bits per heavy atom. The van der Waals surface area contributed by atoms with E-state index in [1.165, 1.54) is 12.1 Å². The predicted octanol–water partition coefficient (Wildman–Crippen LogP) is 1.33. The molecule has 0 aromatic heterocycles. The van der Waals surface area contributed by atoms with Gasteiger partial charge in [-0.3, -0.25) is 0 Å². The molecular formula is C12H16FNO3S. The lowest BCUT2D eigenvalue weighted by atomic mass is 9.78. The Kier molecular flexibility index (Phi) is 3.44. The molecule has 0 radical (unpaired) electrons. The summed E-state index contributed by atoms with van der Waals surface area (Å²) >= 11 is 0. The predicted molar refractivity (Wildman–Crippen MR) is 65.1 cm³/mol. The van der Waals surface area contributed by atoms with Crippen molar-refractivity contribution in [1.29, 1.82) is 0 Å². The SMILES string of the molecule is Cc1ccc(F)cc1S(=O)(=O)NC1(CO)CCC1. The van der Waals surface area contributed by atoms with Crippen LogP contribution in [0.4, 0.5) is 4.39 Å². The normalized spacial score (nSPS) is 18.4. The molecule has 4 nitrogen and oxygen atoms in total. The van der Waals surface area contributed by atoms with Crippen LogP contribution in [0, 0.1) is 12.7 Å². The average molecular weight is 273 g/mol. The zero-order valence-corrected chi connectivity index (χ0v) is 10.9. The largest absolute Gasteiger partial charge is 0.394 e. The molecule has 0 heterocycles. The molecule has 0 spiro atoms. The van der Waals surface area contributed by atoms with E-state index in [0.717, 1.165) is 12.5 Å². The summed E-state index contributed by atoms with van der Waals surface area (Å²) in [7, 11) is -3.79. The smallest absolute Gasteiger partial charge is 0.241 e. The number of aryl methyl sites for hydroxylation is 1. The van der Waals surface area contributed by atoms with Gasteiger partial charge in [0.1, 0.15) is 5.82 Å². The van der Waals surface area contributed by atoms with E-state index in [9.17, 15) is 17.9 Å². The van der Waals surface area contributed by atoms with Crippen LogP contribution >= 0.6 is 0 Å². The highest BCUT2D eigenvalue weighted by Gasteiger charge is 2.40. The monoisotopic (exact) mass is 273 g/mol.